The average molecular weight is 596 g/mol. The number of phenolic OH excluding ortho intramolecular Hbond substituents is 2. The molecule has 0 saturated heterocycles. The van der Waals surface area contributed by atoms with Crippen molar-refractivity contribution < 1.29 is 35.4 Å². The van der Waals surface area contributed by atoms with E-state index < -0.39 is 18.4 Å². The van der Waals surface area contributed by atoms with Gasteiger partial charge < -0.3 is 30.6 Å². The smallest absolute Gasteiger partial charge is 0.310 e. The fourth-order valence-corrected chi connectivity index (χ4v) is 4.97. The number of carbonyl (C=O) groups excluding carboxylic acids is 2. The standard InChI is InChI=1S/C27H36O6S.C7H9N/c1-8-9-33-23(30)13-17-11-19(27(5,6)7)15-21(25(17)32)34-20-14-18(26(2,3)4)10-16(24(20)31)12-22(28)29;1-6-2-4-7(8)5-3-6/h10-11,14-15,31-32H,8-9,12-13H2,1-7H3,(H,28,29);2-5H,8H2,1H3. The molecule has 0 fully saturated rings. The second kappa shape index (κ2) is 14.6. The monoisotopic (exact) mass is 595 g/mol. The minimum absolute atomic E-state index is 0.0616. The highest BCUT2D eigenvalue weighted by atomic mass is 32.2. The number of benzene rings is 3. The lowest BCUT2D eigenvalue weighted by Crippen LogP contribution is -2.39. The van der Waals surface area contributed by atoms with Gasteiger partial charge in [0.2, 0.25) is 0 Å². The van der Waals surface area contributed by atoms with Gasteiger partial charge in [-0.1, -0.05) is 90.1 Å². The van der Waals surface area contributed by atoms with Gasteiger partial charge in [0.15, 0.2) is 0 Å². The van der Waals surface area contributed by atoms with E-state index in [1.54, 1.807) is 18.2 Å². The first-order valence-electron chi connectivity index (χ1n) is 14.1. The zero-order valence-corrected chi connectivity index (χ0v) is 26.9. The molecule has 5 N–H and O–H groups in total. The van der Waals surface area contributed by atoms with Crippen molar-refractivity contribution in [3.8, 4) is 11.5 Å². The largest absolute Gasteiger partial charge is 0.550 e. The van der Waals surface area contributed by atoms with Gasteiger partial charge in [-0.05, 0) is 59.6 Å². The number of hydrogen-bond acceptors (Lipinski definition) is 7. The summed E-state index contributed by atoms with van der Waals surface area (Å²) in [6.45, 7) is 16.4. The van der Waals surface area contributed by atoms with Crippen LogP contribution in [-0.2, 0) is 38.0 Å². The maximum atomic E-state index is 12.3. The second-order valence-corrected chi connectivity index (χ2v) is 13.6. The third-order valence-electron chi connectivity index (χ3n) is 6.52. The zero-order valence-electron chi connectivity index (χ0n) is 26.1. The average Bonchev–Trinajstić information content (AvgIpc) is 2.87. The van der Waals surface area contributed by atoms with Crippen LogP contribution < -0.4 is 10.8 Å². The first-order chi connectivity index (χ1) is 19.4. The molecule has 3 aromatic carbocycles. The molecule has 0 aromatic heterocycles. The van der Waals surface area contributed by atoms with E-state index in [2.05, 4.69) is 24.8 Å². The van der Waals surface area contributed by atoms with Gasteiger partial charge in [-0.25, -0.2) is 0 Å². The molecule has 0 unspecified atom stereocenters. The van der Waals surface area contributed by atoms with E-state index in [-0.39, 0.29) is 34.3 Å². The van der Waals surface area contributed by atoms with Crippen LogP contribution >= 0.6 is 11.8 Å². The van der Waals surface area contributed by atoms with Gasteiger partial charge in [0.1, 0.15) is 17.2 Å². The summed E-state index contributed by atoms with van der Waals surface area (Å²) in [5.41, 5.74) is 8.02. The van der Waals surface area contributed by atoms with E-state index >= 15 is 0 Å². The molecule has 0 aliphatic carbocycles. The third-order valence-corrected chi connectivity index (χ3v) is 7.58. The van der Waals surface area contributed by atoms with E-state index in [1.165, 1.54) is 5.56 Å². The number of hydrogen-bond donors (Lipinski definition) is 3. The number of phenols is 2. The fraction of sp³-hybridized carbons (Fsp3) is 0.412. The Labute approximate surface area is 254 Å². The Hall–Kier alpha value is -3.49. The van der Waals surface area contributed by atoms with Crippen LogP contribution in [0.5, 0.6) is 11.5 Å². The van der Waals surface area contributed by atoms with Crippen LogP contribution in [0.2, 0.25) is 0 Å². The Morgan fingerprint density at radius 1 is 0.833 bits per heavy atom. The minimum Gasteiger partial charge on any atom is -0.550 e. The van der Waals surface area contributed by atoms with Gasteiger partial charge in [0, 0.05) is 23.5 Å². The molecule has 0 atom stereocenters. The molecule has 0 bridgehead atoms. The lowest BCUT2D eigenvalue weighted by molar-refractivity contribution is -0.304. The molecule has 0 spiro atoms. The number of carboxylic acids is 1. The Balaban J connectivity index is 0.000000661. The lowest BCUT2D eigenvalue weighted by Gasteiger charge is -2.24. The topological polar surface area (TPSA) is 135 Å². The van der Waals surface area contributed by atoms with Crippen molar-refractivity contribution in [1.82, 2.24) is 0 Å². The molecule has 0 heterocycles. The van der Waals surface area contributed by atoms with Crippen molar-refractivity contribution in [2.24, 2.45) is 0 Å². The first-order valence-corrected chi connectivity index (χ1v) is 14.9. The maximum Gasteiger partial charge on any atom is 0.310 e. The number of carbonyl (C=O) groups is 2. The summed E-state index contributed by atoms with van der Waals surface area (Å²) in [6.07, 6.45) is 0.206. The molecule has 8 heteroatoms. The molecular weight excluding hydrogens is 550 g/mol. The molecule has 7 nitrogen and oxygen atoms in total. The SMILES string of the molecule is CCCOC(=O)Cc1cc(C(C)(C)C)cc(Sc2cc(C(C)(C)C)cc(CC(=O)[O-])c2O)c1O.Cc1ccc([NH3+])cc1. The third kappa shape index (κ3) is 10.4. The fourth-order valence-electron chi connectivity index (χ4n) is 3.91. The predicted octanol–water partition coefficient (Wildman–Crippen LogP) is 5.50. The summed E-state index contributed by atoms with van der Waals surface area (Å²) in [6, 6.07) is 15.3. The summed E-state index contributed by atoms with van der Waals surface area (Å²) >= 11 is 1.14. The van der Waals surface area contributed by atoms with Gasteiger partial charge in [0.25, 0.3) is 0 Å². The quantitative estimate of drug-likeness (QED) is 0.293. The Bertz CT molecular complexity index is 1360. The van der Waals surface area contributed by atoms with Crippen molar-refractivity contribution in [2.75, 3.05) is 6.61 Å². The summed E-state index contributed by atoms with van der Waals surface area (Å²) in [4.78, 5) is 24.4. The van der Waals surface area contributed by atoms with E-state index in [0.717, 1.165) is 28.6 Å². The molecule has 0 aliphatic rings. The van der Waals surface area contributed by atoms with E-state index in [0.29, 0.717) is 28.4 Å². The minimum atomic E-state index is -1.29. The van der Waals surface area contributed by atoms with Crippen LogP contribution in [-0.4, -0.2) is 28.8 Å². The summed E-state index contributed by atoms with van der Waals surface area (Å²) in [7, 11) is 0. The Morgan fingerprint density at radius 3 is 1.67 bits per heavy atom. The van der Waals surface area contributed by atoms with E-state index in [4.69, 9.17) is 4.74 Å². The lowest BCUT2D eigenvalue weighted by atomic mass is 9.85. The summed E-state index contributed by atoms with van der Waals surface area (Å²) in [5.74, 6) is -1.93. The van der Waals surface area contributed by atoms with Crippen LogP contribution in [0.15, 0.2) is 58.3 Å². The molecule has 3 aromatic rings. The number of aliphatic carboxylic acids is 1. The van der Waals surface area contributed by atoms with Gasteiger partial charge in [0.05, 0.1) is 22.8 Å². The maximum absolute atomic E-state index is 12.3. The highest BCUT2D eigenvalue weighted by molar-refractivity contribution is 7.99. The second-order valence-electron chi connectivity index (χ2n) is 12.5. The van der Waals surface area contributed by atoms with Gasteiger partial charge in [-0.15, -0.1) is 0 Å². The number of quaternary nitrogens is 1. The number of carboxylic acid groups (broad SMARTS) is 1. The number of aryl methyl sites for hydroxylation is 1. The Morgan fingerprint density at radius 2 is 1.29 bits per heavy atom. The van der Waals surface area contributed by atoms with Gasteiger partial charge in [-0.3, -0.25) is 4.79 Å². The van der Waals surface area contributed by atoms with E-state index in [9.17, 15) is 24.9 Å². The van der Waals surface area contributed by atoms with Crippen molar-refractivity contribution in [3.63, 3.8) is 0 Å². The summed E-state index contributed by atoms with van der Waals surface area (Å²) in [5, 5.41) is 33.2. The van der Waals surface area contributed by atoms with Crippen molar-refractivity contribution >= 4 is 29.4 Å². The predicted molar refractivity (Wildman–Crippen MR) is 165 cm³/mol. The molecule has 228 valence electrons. The number of aromatic hydroxyl groups is 2. The van der Waals surface area contributed by atoms with Gasteiger partial charge >= 0.3 is 5.97 Å². The van der Waals surface area contributed by atoms with E-state index in [1.807, 2.05) is 66.7 Å². The first kappa shape index (κ1) is 34.7. The van der Waals surface area contributed by atoms with Gasteiger partial charge in [-0.2, -0.15) is 0 Å². The van der Waals surface area contributed by atoms with Crippen molar-refractivity contribution in [3.05, 3.63) is 76.3 Å². The molecular formula is C34H45NO6S. The number of ether oxygens (including phenoxy) is 1. The molecule has 3 rings (SSSR count). The normalized spacial score (nSPS) is 11.5. The van der Waals surface area contributed by atoms with Crippen LogP contribution in [0, 0.1) is 6.92 Å². The molecule has 0 radical (unpaired) electrons. The van der Waals surface area contributed by atoms with Crippen molar-refractivity contribution in [2.45, 2.75) is 95.3 Å². The number of esters is 1. The van der Waals surface area contributed by atoms with Crippen molar-refractivity contribution in [1.29, 1.82) is 0 Å². The highest BCUT2D eigenvalue weighted by Gasteiger charge is 2.24. The molecule has 0 aliphatic heterocycles. The molecule has 42 heavy (non-hydrogen) atoms. The zero-order chi connectivity index (χ0) is 31.8. The van der Waals surface area contributed by atoms with Crippen LogP contribution in [0.3, 0.4) is 0 Å². The van der Waals surface area contributed by atoms with Crippen LogP contribution in [0.25, 0.3) is 0 Å². The molecule has 0 saturated carbocycles. The molecule has 0 amide bonds. The summed E-state index contributed by atoms with van der Waals surface area (Å²) < 4.78 is 5.20. The Kier molecular flexibility index (Phi) is 12.1. The van der Waals surface area contributed by atoms with Crippen LogP contribution in [0.1, 0.15) is 82.7 Å². The van der Waals surface area contributed by atoms with Crippen LogP contribution in [0.4, 0.5) is 5.69 Å². The highest BCUT2D eigenvalue weighted by Crippen LogP contribution is 2.45. The number of rotatable bonds is 8.